The number of carbonyl (C=O) groups is 2. The third kappa shape index (κ3) is 5.55. The molecule has 0 fully saturated rings. The van der Waals surface area contributed by atoms with Crippen LogP contribution in [0.4, 0.5) is 5.69 Å². The molecular weight excluding hydrogens is 284 g/mol. The first kappa shape index (κ1) is 17.7. The summed E-state index contributed by atoms with van der Waals surface area (Å²) in [5.41, 5.74) is 1.42. The Bertz CT molecular complexity index is 511. The van der Waals surface area contributed by atoms with Gasteiger partial charge in [0.25, 0.3) is 5.91 Å². The van der Waals surface area contributed by atoms with E-state index in [2.05, 4.69) is 17.4 Å². The van der Waals surface area contributed by atoms with E-state index in [0.717, 1.165) is 31.0 Å². The van der Waals surface area contributed by atoms with Gasteiger partial charge in [-0.1, -0.05) is 37.1 Å². The number of nitrogens with zero attached hydrogens (tertiary/aromatic N) is 1. The van der Waals surface area contributed by atoms with Crippen LogP contribution in [0, 0.1) is 0 Å². The molecule has 0 aliphatic carbocycles. The topological polar surface area (TPSA) is 88.0 Å². The van der Waals surface area contributed by atoms with E-state index in [1.807, 2.05) is 0 Å². The number of oxime groups is 1. The van der Waals surface area contributed by atoms with Crippen molar-refractivity contribution >= 4 is 23.8 Å². The molecule has 0 spiro atoms. The third-order valence-electron chi connectivity index (χ3n) is 3.17. The molecule has 1 atom stereocenters. The molecule has 22 heavy (non-hydrogen) atoms. The standard InChI is InChI=1S/C16H22N2O4/c1-3-5-6-14(16(20)22-4-2)12-7-9-13(10-8-12)18-15(19)11-17-21/h7-11,14,21H,3-6H2,1-2H3,(H,18,19)/b17-11+. The van der Waals surface area contributed by atoms with Crippen LogP contribution in [0.3, 0.4) is 0 Å². The fraction of sp³-hybridized carbons (Fsp3) is 0.438. The van der Waals surface area contributed by atoms with Crippen LogP contribution >= 0.6 is 0 Å². The molecule has 0 bridgehead atoms. The summed E-state index contributed by atoms with van der Waals surface area (Å²) in [6.45, 7) is 4.22. The van der Waals surface area contributed by atoms with Gasteiger partial charge in [-0.25, -0.2) is 0 Å². The van der Waals surface area contributed by atoms with E-state index in [1.54, 1.807) is 31.2 Å². The van der Waals surface area contributed by atoms with Crippen LogP contribution in [0.5, 0.6) is 0 Å². The second-order valence-corrected chi connectivity index (χ2v) is 4.80. The quantitative estimate of drug-likeness (QED) is 0.334. The number of amides is 1. The van der Waals surface area contributed by atoms with Gasteiger partial charge in [0, 0.05) is 5.69 Å². The molecule has 1 amide bonds. The lowest BCUT2D eigenvalue weighted by atomic mass is 9.93. The molecule has 6 heteroatoms. The molecule has 0 aliphatic rings. The molecule has 0 saturated carbocycles. The zero-order valence-electron chi connectivity index (χ0n) is 12.9. The molecule has 1 unspecified atom stereocenters. The molecular formula is C16H22N2O4. The number of rotatable bonds is 8. The zero-order chi connectivity index (χ0) is 16.4. The van der Waals surface area contributed by atoms with Gasteiger partial charge in [-0.3, -0.25) is 9.59 Å². The molecule has 0 aromatic heterocycles. The number of hydrogen-bond donors (Lipinski definition) is 2. The molecule has 0 aliphatic heterocycles. The average molecular weight is 306 g/mol. The van der Waals surface area contributed by atoms with Crippen molar-refractivity contribution in [2.75, 3.05) is 11.9 Å². The number of ether oxygens (including phenoxy) is 1. The molecule has 120 valence electrons. The smallest absolute Gasteiger partial charge is 0.313 e. The highest BCUT2D eigenvalue weighted by Crippen LogP contribution is 2.25. The van der Waals surface area contributed by atoms with Crippen molar-refractivity contribution in [1.29, 1.82) is 0 Å². The van der Waals surface area contributed by atoms with E-state index in [4.69, 9.17) is 9.94 Å². The second-order valence-electron chi connectivity index (χ2n) is 4.80. The second kappa shape index (κ2) is 9.55. The van der Waals surface area contributed by atoms with Crippen LogP contribution in [0.25, 0.3) is 0 Å². The van der Waals surface area contributed by atoms with Gasteiger partial charge in [0.05, 0.1) is 12.5 Å². The molecule has 0 heterocycles. The van der Waals surface area contributed by atoms with Crippen LogP contribution in [0.15, 0.2) is 29.4 Å². The lowest BCUT2D eigenvalue weighted by Crippen LogP contribution is -2.16. The van der Waals surface area contributed by atoms with E-state index in [-0.39, 0.29) is 11.9 Å². The van der Waals surface area contributed by atoms with Gasteiger partial charge in [0.2, 0.25) is 0 Å². The summed E-state index contributed by atoms with van der Waals surface area (Å²) in [5, 5.41) is 13.5. The van der Waals surface area contributed by atoms with Gasteiger partial charge in [-0.2, -0.15) is 0 Å². The largest absolute Gasteiger partial charge is 0.466 e. The monoisotopic (exact) mass is 306 g/mol. The van der Waals surface area contributed by atoms with Crippen molar-refractivity contribution in [3.05, 3.63) is 29.8 Å². The number of nitrogens with one attached hydrogen (secondary N) is 1. The first-order chi connectivity index (χ1) is 10.6. The Morgan fingerprint density at radius 2 is 2.00 bits per heavy atom. The van der Waals surface area contributed by atoms with Crippen molar-refractivity contribution in [3.8, 4) is 0 Å². The fourth-order valence-corrected chi connectivity index (χ4v) is 2.10. The Morgan fingerprint density at radius 3 is 2.55 bits per heavy atom. The number of unbranched alkanes of at least 4 members (excludes halogenated alkanes) is 1. The lowest BCUT2D eigenvalue weighted by molar-refractivity contribution is -0.145. The van der Waals surface area contributed by atoms with E-state index < -0.39 is 5.91 Å². The van der Waals surface area contributed by atoms with Crippen molar-refractivity contribution in [2.24, 2.45) is 5.16 Å². The van der Waals surface area contributed by atoms with Crippen LogP contribution < -0.4 is 5.32 Å². The highest BCUT2D eigenvalue weighted by atomic mass is 16.5. The van der Waals surface area contributed by atoms with Gasteiger partial charge >= 0.3 is 5.97 Å². The number of carbonyl (C=O) groups excluding carboxylic acids is 2. The highest BCUT2D eigenvalue weighted by Gasteiger charge is 2.21. The minimum absolute atomic E-state index is 0.222. The number of benzene rings is 1. The Kier molecular flexibility index (Phi) is 7.67. The normalized spacial score (nSPS) is 12.1. The molecule has 1 rings (SSSR count). The van der Waals surface area contributed by atoms with Crippen LogP contribution in [-0.2, 0) is 14.3 Å². The first-order valence-electron chi connectivity index (χ1n) is 7.37. The third-order valence-corrected chi connectivity index (χ3v) is 3.17. The maximum absolute atomic E-state index is 12.1. The summed E-state index contributed by atoms with van der Waals surface area (Å²) in [6, 6.07) is 7.00. The van der Waals surface area contributed by atoms with E-state index >= 15 is 0 Å². The van der Waals surface area contributed by atoms with Gasteiger partial charge in [0.15, 0.2) is 0 Å². The van der Waals surface area contributed by atoms with Crippen molar-refractivity contribution in [3.63, 3.8) is 0 Å². The van der Waals surface area contributed by atoms with Gasteiger partial charge in [-0.15, -0.1) is 0 Å². The Labute approximate surface area is 130 Å². The molecule has 0 saturated heterocycles. The molecule has 1 aromatic carbocycles. The molecule has 0 radical (unpaired) electrons. The number of esters is 1. The SMILES string of the molecule is CCCCC(C(=O)OCC)c1ccc(NC(=O)/C=N/O)cc1. The van der Waals surface area contributed by atoms with Crippen LogP contribution in [0.1, 0.15) is 44.6 Å². The summed E-state index contributed by atoms with van der Waals surface area (Å²) in [5.74, 6) is -1.04. The first-order valence-corrected chi connectivity index (χ1v) is 7.37. The van der Waals surface area contributed by atoms with Crippen LogP contribution in [0.2, 0.25) is 0 Å². The average Bonchev–Trinajstić information content (AvgIpc) is 2.50. The lowest BCUT2D eigenvalue weighted by Gasteiger charge is -2.16. The Balaban J connectivity index is 2.82. The maximum Gasteiger partial charge on any atom is 0.313 e. The van der Waals surface area contributed by atoms with Crippen molar-refractivity contribution in [1.82, 2.24) is 0 Å². The van der Waals surface area contributed by atoms with E-state index in [1.165, 1.54) is 0 Å². The summed E-state index contributed by atoms with van der Waals surface area (Å²) in [4.78, 5) is 23.3. The maximum atomic E-state index is 12.1. The molecule has 1 aromatic rings. The predicted octanol–water partition coefficient (Wildman–Crippen LogP) is 2.92. The Hall–Kier alpha value is -2.37. The minimum Gasteiger partial charge on any atom is -0.466 e. The summed E-state index contributed by atoms with van der Waals surface area (Å²) >= 11 is 0. The van der Waals surface area contributed by atoms with Crippen molar-refractivity contribution in [2.45, 2.75) is 39.0 Å². The van der Waals surface area contributed by atoms with E-state index in [9.17, 15) is 9.59 Å². The summed E-state index contributed by atoms with van der Waals surface area (Å²) in [6.07, 6.45) is 3.45. The molecule has 6 nitrogen and oxygen atoms in total. The number of hydrogen-bond acceptors (Lipinski definition) is 5. The van der Waals surface area contributed by atoms with Gasteiger partial charge < -0.3 is 15.3 Å². The van der Waals surface area contributed by atoms with Crippen molar-refractivity contribution < 1.29 is 19.5 Å². The van der Waals surface area contributed by atoms with E-state index in [0.29, 0.717) is 12.3 Å². The summed E-state index contributed by atoms with van der Waals surface area (Å²) < 4.78 is 5.13. The zero-order valence-corrected chi connectivity index (χ0v) is 12.9. The van der Waals surface area contributed by atoms with Gasteiger partial charge in [0.1, 0.15) is 6.21 Å². The predicted molar refractivity (Wildman–Crippen MR) is 84.2 cm³/mol. The van der Waals surface area contributed by atoms with Crippen LogP contribution in [-0.4, -0.2) is 29.9 Å². The van der Waals surface area contributed by atoms with Gasteiger partial charge in [-0.05, 0) is 31.0 Å². The minimum atomic E-state index is -0.525. The number of anilines is 1. The molecule has 2 N–H and O–H groups in total. The summed E-state index contributed by atoms with van der Waals surface area (Å²) in [7, 11) is 0. The highest BCUT2D eigenvalue weighted by molar-refractivity contribution is 6.31. The Morgan fingerprint density at radius 1 is 1.32 bits per heavy atom. The fourth-order valence-electron chi connectivity index (χ4n) is 2.10.